The zero-order chi connectivity index (χ0) is 20.9. The zero-order valence-electron chi connectivity index (χ0n) is 15.5. The van der Waals surface area contributed by atoms with Crippen molar-refractivity contribution >= 4 is 27.4 Å². The topological polar surface area (TPSA) is 100 Å². The molecule has 0 aliphatic heterocycles. The number of carbonyl (C=O) groups excluding carboxylic acids is 1. The van der Waals surface area contributed by atoms with Crippen LogP contribution in [0.4, 0.5) is 20.6 Å². The maximum absolute atomic E-state index is 13.3. The van der Waals surface area contributed by atoms with Crippen molar-refractivity contribution < 1.29 is 17.6 Å². The number of amides is 2. The Kier molecular flexibility index (Phi) is 6.08. The third-order valence-electron chi connectivity index (χ3n) is 4.01. The average Bonchev–Trinajstić information content (AvgIpc) is 2.70. The van der Waals surface area contributed by atoms with Crippen LogP contribution in [-0.4, -0.2) is 19.4 Å². The third kappa shape index (κ3) is 5.52. The molecule has 3 rings (SSSR count). The molecule has 2 aromatic carbocycles. The van der Waals surface area contributed by atoms with Gasteiger partial charge in [-0.05, 0) is 66.6 Å². The molecule has 0 radical (unpaired) electrons. The second-order valence-corrected chi connectivity index (χ2v) is 7.95. The molecule has 2 amide bonds. The summed E-state index contributed by atoms with van der Waals surface area (Å²) in [4.78, 5) is 15.9. The first-order chi connectivity index (χ1) is 13.8. The minimum absolute atomic E-state index is 0.0146. The minimum Gasteiger partial charge on any atom is -0.334 e. The molecule has 0 saturated carbocycles. The summed E-state index contributed by atoms with van der Waals surface area (Å²) in [5.41, 5.74) is 1.89. The predicted molar refractivity (Wildman–Crippen MR) is 108 cm³/mol. The van der Waals surface area contributed by atoms with Gasteiger partial charge in [-0.15, -0.1) is 0 Å². The number of nitrogens with zero attached hydrogens (tertiary/aromatic N) is 1. The van der Waals surface area contributed by atoms with Gasteiger partial charge < -0.3 is 10.6 Å². The second-order valence-electron chi connectivity index (χ2n) is 6.26. The summed E-state index contributed by atoms with van der Waals surface area (Å²) in [6.45, 7) is 1.86. The minimum atomic E-state index is -3.84. The number of pyridine rings is 1. The van der Waals surface area contributed by atoms with Gasteiger partial charge in [-0.1, -0.05) is 6.07 Å². The summed E-state index contributed by atoms with van der Waals surface area (Å²) >= 11 is 0. The predicted octanol–water partition coefficient (Wildman–Crippen LogP) is 3.65. The van der Waals surface area contributed by atoms with Crippen LogP contribution in [0, 0.1) is 12.7 Å². The molecule has 0 spiro atoms. The Bertz CT molecular complexity index is 1100. The lowest BCUT2D eigenvalue weighted by Crippen LogP contribution is -2.28. The SMILES string of the molecule is Cc1cc(NS(=O)(=O)c2ccc(NC(=O)NCc3cccnc3)cc2)ccc1F. The summed E-state index contributed by atoms with van der Waals surface area (Å²) in [7, 11) is -3.84. The lowest BCUT2D eigenvalue weighted by Gasteiger charge is -2.11. The van der Waals surface area contributed by atoms with Gasteiger partial charge in [-0.2, -0.15) is 0 Å². The Morgan fingerprint density at radius 2 is 1.79 bits per heavy atom. The normalized spacial score (nSPS) is 11.0. The number of sulfonamides is 1. The van der Waals surface area contributed by atoms with Crippen LogP contribution in [-0.2, 0) is 16.6 Å². The number of anilines is 2. The van der Waals surface area contributed by atoms with E-state index in [1.165, 1.54) is 42.5 Å². The number of aryl methyl sites for hydroxylation is 1. The van der Waals surface area contributed by atoms with Crippen molar-refractivity contribution in [3.63, 3.8) is 0 Å². The highest BCUT2D eigenvalue weighted by Gasteiger charge is 2.15. The lowest BCUT2D eigenvalue weighted by molar-refractivity contribution is 0.251. The molecule has 7 nitrogen and oxygen atoms in total. The van der Waals surface area contributed by atoms with Crippen molar-refractivity contribution in [3.8, 4) is 0 Å². The van der Waals surface area contributed by atoms with Gasteiger partial charge in [0.25, 0.3) is 10.0 Å². The molecule has 0 saturated heterocycles. The Morgan fingerprint density at radius 3 is 2.45 bits per heavy atom. The smallest absolute Gasteiger partial charge is 0.319 e. The molecule has 0 fully saturated rings. The van der Waals surface area contributed by atoms with Gasteiger partial charge in [-0.25, -0.2) is 17.6 Å². The van der Waals surface area contributed by atoms with Crippen molar-refractivity contribution in [2.75, 3.05) is 10.0 Å². The summed E-state index contributed by atoms with van der Waals surface area (Å²) in [5.74, 6) is -0.412. The largest absolute Gasteiger partial charge is 0.334 e. The number of rotatable bonds is 6. The summed E-state index contributed by atoms with van der Waals surface area (Å²) < 4.78 is 40.7. The highest BCUT2D eigenvalue weighted by Crippen LogP contribution is 2.20. The van der Waals surface area contributed by atoms with Crippen LogP contribution in [0.5, 0.6) is 0 Å². The average molecular weight is 414 g/mol. The van der Waals surface area contributed by atoms with Gasteiger partial charge in [0.15, 0.2) is 0 Å². The van der Waals surface area contributed by atoms with E-state index < -0.39 is 21.9 Å². The quantitative estimate of drug-likeness (QED) is 0.573. The molecule has 9 heteroatoms. The number of carbonyl (C=O) groups is 1. The number of nitrogens with one attached hydrogen (secondary N) is 3. The summed E-state index contributed by atoms with van der Waals surface area (Å²) in [6.07, 6.45) is 3.29. The van der Waals surface area contributed by atoms with E-state index in [4.69, 9.17) is 0 Å². The fraction of sp³-hybridized carbons (Fsp3) is 0.100. The fourth-order valence-electron chi connectivity index (χ4n) is 2.50. The standard InChI is InChI=1S/C20H19FN4O3S/c1-14-11-17(6-9-19(14)21)25-29(27,28)18-7-4-16(5-8-18)24-20(26)23-13-15-3-2-10-22-12-15/h2-12,25H,13H2,1H3,(H2,23,24,26). The van der Waals surface area contributed by atoms with Crippen LogP contribution >= 0.6 is 0 Å². The molecule has 1 heterocycles. The van der Waals surface area contributed by atoms with Gasteiger partial charge in [0.2, 0.25) is 0 Å². The van der Waals surface area contributed by atoms with Gasteiger partial charge in [0.05, 0.1) is 4.90 Å². The third-order valence-corrected chi connectivity index (χ3v) is 5.41. The van der Waals surface area contributed by atoms with Crippen molar-refractivity contribution in [2.24, 2.45) is 0 Å². The molecule has 1 aromatic heterocycles. The number of benzene rings is 2. The molecule has 0 aliphatic carbocycles. The first-order valence-corrected chi connectivity index (χ1v) is 10.1. The number of aromatic nitrogens is 1. The molecule has 0 unspecified atom stereocenters. The highest BCUT2D eigenvalue weighted by atomic mass is 32.2. The molecule has 0 bridgehead atoms. The number of urea groups is 1. The van der Waals surface area contributed by atoms with Crippen molar-refractivity contribution in [1.82, 2.24) is 10.3 Å². The van der Waals surface area contributed by atoms with Crippen LogP contribution in [0.1, 0.15) is 11.1 Å². The first-order valence-electron chi connectivity index (χ1n) is 8.66. The Hall–Kier alpha value is -3.46. The monoisotopic (exact) mass is 414 g/mol. The van der Waals surface area contributed by atoms with E-state index >= 15 is 0 Å². The maximum Gasteiger partial charge on any atom is 0.319 e. The van der Waals surface area contributed by atoms with Gasteiger partial charge >= 0.3 is 6.03 Å². The van der Waals surface area contributed by atoms with Crippen LogP contribution in [0.15, 0.2) is 71.9 Å². The van der Waals surface area contributed by atoms with Gasteiger partial charge in [-0.3, -0.25) is 9.71 Å². The van der Waals surface area contributed by atoms with Crippen molar-refractivity contribution in [2.45, 2.75) is 18.4 Å². The summed E-state index contributed by atoms with van der Waals surface area (Å²) in [6, 6.07) is 12.8. The first kappa shape index (κ1) is 20.3. The molecular formula is C20H19FN4O3S. The van der Waals surface area contributed by atoms with Crippen LogP contribution in [0.25, 0.3) is 0 Å². The highest BCUT2D eigenvalue weighted by molar-refractivity contribution is 7.92. The number of hydrogen-bond acceptors (Lipinski definition) is 4. The van der Waals surface area contributed by atoms with Crippen LogP contribution in [0.2, 0.25) is 0 Å². The van der Waals surface area contributed by atoms with Gasteiger partial charge in [0.1, 0.15) is 5.82 Å². The number of hydrogen-bond donors (Lipinski definition) is 3. The maximum atomic E-state index is 13.3. The van der Waals surface area contributed by atoms with E-state index in [2.05, 4.69) is 20.3 Å². The molecule has 150 valence electrons. The Morgan fingerprint density at radius 1 is 1.07 bits per heavy atom. The molecule has 29 heavy (non-hydrogen) atoms. The van der Waals surface area contributed by atoms with E-state index in [1.54, 1.807) is 25.4 Å². The van der Waals surface area contributed by atoms with Gasteiger partial charge in [0, 0.05) is 30.3 Å². The Balaban J connectivity index is 1.61. The number of halogens is 1. The van der Waals surface area contributed by atoms with E-state index in [-0.39, 0.29) is 10.6 Å². The van der Waals surface area contributed by atoms with E-state index in [9.17, 15) is 17.6 Å². The lowest BCUT2D eigenvalue weighted by atomic mass is 10.2. The molecular weight excluding hydrogens is 395 g/mol. The zero-order valence-corrected chi connectivity index (χ0v) is 16.3. The van der Waals surface area contributed by atoms with Crippen LogP contribution < -0.4 is 15.4 Å². The molecule has 0 aliphatic rings. The van der Waals surface area contributed by atoms with E-state index in [0.29, 0.717) is 17.8 Å². The molecule has 3 aromatic rings. The van der Waals surface area contributed by atoms with Crippen molar-refractivity contribution in [3.05, 3.63) is 83.9 Å². The van der Waals surface area contributed by atoms with Crippen LogP contribution in [0.3, 0.4) is 0 Å². The molecule has 3 N–H and O–H groups in total. The van der Waals surface area contributed by atoms with E-state index in [0.717, 1.165) is 5.56 Å². The summed E-state index contributed by atoms with van der Waals surface area (Å²) in [5, 5.41) is 5.31. The Labute approximate surface area is 168 Å². The van der Waals surface area contributed by atoms with Crippen molar-refractivity contribution in [1.29, 1.82) is 0 Å². The second kappa shape index (κ2) is 8.70. The van der Waals surface area contributed by atoms with E-state index in [1.807, 2.05) is 6.07 Å². The fourth-order valence-corrected chi connectivity index (χ4v) is 3.55. The molecule has 0 atom stereocenters.